The molecule has 1 amide bonds. The van der Waals surface area contributed by atoms with Crippen LogP contribution in [0.4, 0.5) is 0 Å². The van der Waals surface area contributed by atoms with Crippen molar-refractivity contribution < 1.29 is 4.79 Å². The number of primary amides is 1. The third-order valence-electron chi connectivity index (χ3n) is 0.748. The van der Waals surface area contributed by atoms with Crippen molar-refractivity contribution in [1.29, 1.82) is 0 Å². The topological polar surface area (TPSA) is 56.0 Å². The molecular weight excluding hydrogens is 204 g/mol. The number of carbonyl (C=O) groups excluding carboxylic acids is 1. The van der Waals surface area contributed by atoms with Crippen molar-refractivity contribution >= 4 is 33.2 Å². The van der Waals surface area contributed by atoms with Crippen molar-refractivity contribution in [3.63, 3.8) is 0 Å². The summed E-state index contributed by atoms with van der Waals surface area (Å²) in [7, 11) is 0. The molecule has 0 unspecified atom stereocenters. The summed E-state index contributed by atoms with van der Waals surface area (Å²) in [6.07, 6.45) is 0. The summed E-state index contributed by atoms with van der Waals surface area (Å²) in [6, 6.07) is 0. The lowest BCUT2D eigenvalue weighted by molar-refractivity contribution is 0.100. The fourth-order valence-corrected chi connectivity index (χ4v) is 1.64. The summed E-state index contributed by atoms with van der Waals surface area (Å²) in [5.41, 5.74) is 6.52. The van der Waals surface area contributed by atoms with Crippen LogP contribution >= 0.6 is 27.3 Å². The van der Waals surface area contributed by atoms with E-state index in [0.29, 0.717) is 9.48 Å². The highest BCUT2D eigenvalue weighted by Crippen LogP contribution is 2.17. The Bertz CT molecular complexity index is 234. The molecule has 1 aromatic rings. The molecule has 0 aromatic carbocycles. The Hall–Kier alpha value is -0.420. The minimum absolute atomic E-state index is 0.440. The maximum atomic E-state index is 10.4. The van der Waals surface area contributed by atoms with Crippen molar-refractivity contribution in [1.82, 2.24) is 4.98 Å². The van der Waals surface area contributed by atoms with Crippen LogP contribution < -0.4 is 5.73 Å². The Labute approximate surface area is 64.0 Å². The molecule has 0 saturated heterocycles. The standard InChI is InChI=1S/C4H3BrN2OS/c5-3-2(4(6)8)9-1-7-3/h1H,(H2,6,8). The van der Waals surface area contributed by atoms with E-state index in [1.807, 2.05) is 0 Å². The van der Waals surface area contributed by atoms with Crippen LogP contribution in [0.1, 0.15) is 9.67 Å². The van der Waals surface area contributed by atoms with Gasteiger partial charge in [-0.25, -0.2) is 4.98 Å². The number of thiazole rings is 1. The zero-order valence-electron chi connectivity index (χ0n) is 4.30. The summed E-state index contributed by atoms with van der Waals surface area (Å²) < 4.78 is 0.528. The highest BCUT2D eigenvalue weighted by molar-refractivity contribution is 9.10. The third kappa shape index (κ3) is 1.28. The molecule has 1 aromatic heterocycles. The second-order valence-corrected chi connectivity index (χ2v) is 2.94. The molecule has 9 heavy (non-hydrogen) atoms. The molecule has 0 spiro atoms. The van der Waals surface area contributed by atoms with E-state index >= 15 is 0 Å². The quantitative estimate of drug-likeness (QED) is 0.746. The number of rotatable bonds is 1. The first-order valence-corrected chi connectivity index (χ1v) is 3.78. The number of hydrogen-bond donors (Lipinski definition) is 1. The van der Waals surface area contributed by atoms with Crippen LogP contribution in [0.25, 0.3) is 0 Å². The van der Waals surface area contributed by atoms with Crippen LogP contribution in [-0.4, -0.2) is 10.9 Å². The normalized spacial score (nSPS) is 9.44. The zero-order valence-corrected chi connectivity index (χ0v) is 6.70. The molecular formula is C4H3BrN2OS. The van der Waals surface area contributed by atoms with Gasteiger partial charge in [-0.1, -0.05) is 0 Å². The highest BCUT2D eigenvalue weighted by atomic mass is 79.9. The van der Waals surface area contributed by atoms with Gasteiger partial charge in [-0.05, 0) is 15.9 Å². The van der Waals surface area contributed by atoms with E-state index in [1.54, 1.807) is 5.51 Å². The molecule has 3 nitrogen and oxygen atoms in total. The van der Waals surface area contributed by atoms with E-state index in [2.05, 4.69) is 20.9 Å². The first-order valence-electron chi connectivity index (χ1n) is 2.10. The van der Waals surface area contributed by atoms with Gasteiger partial charge in [0, 0.05) is 0 Å². The molecule has 48 valence electrons. The second-order valence-electron chi connectivity index (χ2n) is 1.34. The lowest BCUT2D eigenvalue weighted by atomic mass is 10.5. The Morgan fingerprint density at radius 2 is 2.56 bits per heavy atom. The Kier molecular flexibility index (Phi) is 1.82. The molecule has 0 fully saturated rings. The molecule has 0 aliphatic rings. The van der Waals surface area contributed by atoms with Crippen molar-refractivity contribution in [3.8, 4) is 0 Å². The predicted octanol–water partition coefficient (Wildman–Crippen LogP) is 1.00. The van der Waals surface area contributed by atoms with E-state index < -0.39 is 5.91 Å². The van der Waals surface area contributed by atoms with Crippen molar-refractivity contribution in [2.24, 2.45) is 5.73 Å². The molecule has 0 bridgehead atoms. The van der Waals surface area contributed by atoms with Gasteiger partial charge in [0.05, 0.1) is 5.51 Å². The third-order valence-corrected chi connectivity index (χ3v) is 2.45. The van der Waals surface area contributed by atoms with Gasteiger partial charge in [-0.3, -0.25) is 4.79 Å². The average molecular weight is 207 g/mol. The fourth-order valence-electron chi connectivity index (χ4n) is 0.392. The van der Waals surface area contributed by atoms with Crippen molar-refractivity contribution in [2.45, 2.75) is 0 Å². The van der Waals surface area contributed by atoms with Gasteiger partial charge in [-0.15, -0.1) is 11.3 Å². The molecule has 2 N–H and O–H groups in total. The maximum absolute atomic E-state index is 10.4. The summed E-state index contributed by atoms with van der Waals surface area (Å²) in [5.74, 6) is -0.440. The number of carbonyl (C=O) groups is 1. The van der Waals surface area contributed by atoms with Crippen LogP contribution in [-0.2, 0) is 0 Å². The molecule has 0 aliphatic heterocycles. The minimum atomic E-state index is -0.440. The van der Waals surface area contributed by atoms with Gasteiger partial charge >= 0.3 is 0 Å². The fraction of sp³-hybridized carbons (Fsp3) is 0. The molecule has 5 heteroatoms. The Balaban J connectivity index is 3.08. The van der Waals surface area contributed by atoms with E-state index in [9.17, 15) is 4.79 Å². The largest absolute Gasteiger partial charge is 0.365 e. The summed E-state index contributed by atoms with van der Waals surface area (Å²) in [5, 5.41) is 0. The van der Waals surface area contributed by atoms with Gasteiger partial charge < -0.3 is 5.73 Å². The van der Waals surface area contributed by atoms with E-state index in [1.165, 1.54) is 11.3 Å². The molecule has 1 heterocycles. The SMILES string of the molecule is NC(=O)c1scnc1Br. The smallest absolute Gasteiger partial charge is 0.261 e. The highest BCUT2D eigenvalue weighted by Gasteiger charge is 2.06. The van der Waals surface area contributed by atoms with Gasteiger partial charge in [0.25, 0.3) is 5.91 Å². The summed E-state index contributed by atoms with van der Waals surface area (Å²) in [6.45, 7) is 0. The van der Waals surface area contributed by atoms with E-state index in [-0.39, 0.29) is 0 Å². The number of aromatic nitrogens is 1. The molecule has 0 radical (unpaired) electrons. The number of halogens is 1. The van der Waals surface area contributed by atoms with Crippen molar-refractivity contribution in [2.75, 3.05) is 0 Å². The number of nitrogens with zero attached hydrogens (tertiary/aromatic N) is 1. The van der Waals surface area contributed by atoms with E-state index in [4.69, 9.17) is 5.73 Å². The van der Waals surface area contributed by atoms with E-state index in [0.717, 1.165) is 0 Å². The lowest BCUT2D eigenvalue weighted by Crippen LogP contribution is -2.09. The van der Waals surface area contributed by atoms with Crippen LogP contribution in [0.2, 0.25) is 0 Å². The van der Waals surface area contributed by atoms with Crippen LogP contribution in [0, 0.1) is 0 Å². The summed E-state index contributed by atoms with van der Waals surface area (Å²) in [4.78, 5) is 14.7. The van der Waals surface area contributed by atoms with Crippen LogP contribution in [0.3, 0.4) is 0 Å². The molecule has 0 saturated carbocycles. The first kappa shape index (κ1) is 6.70. The van der Waals surface area contributed by atoms with Gasteiger partial charge in [0.1, 0.15) is 9.48 Å². The van der Waals surface area contributed by atoms with Gasteiger partial charge in [0.2, 0.25) is 0 Å². The summed E-state index contributed by atoms with van der Waals surface area (Å²) >= 11 is 4.29. The Morgan fingerprint density at radius 3 is 2.78 bits per heavy atom. The predicted molar refractivity (Wildman–Crippen MR) is 38.3 cm³/mol. The molecule has 0 atom stereocenters. The second kappa shape index (κ2) is 2.45. The van der Waals surface area contributed by atoms with Gasteiger partial charge in [-0.2, -0.15) is 0 Å². The van der Waals surface area contributed by atoms with Crippen LogP contribution in [0.15, 0.2) is 10.1 Å². The zero-order chi connectivity index (χ0) is 6.85. The minimum Gasteiger partial charge on any atom is -0.365 e. The first-order chi connectivity index (χ1) is 4.22. The van der Waals surface area contributed by atoms with Crippen LogP contribution in [0.5, 0.6) is 0 Å². The number of amides is 1. The van der Waals surface area contributed by atoms with Gasteiger partial charge in [0.15, 0.2) is 0 Å². The Morgan fingerprint density at radius 1 is 1.89 bits per heavy atom. The number of hydrogen-bond acceptors (Lipinski definition) is 3. The monoisotopic (exact) mass is 206 g/mol. The number of nitrogens with two attached hydrogens (primary N) is 1. The lowest BCUT2D eigenvalue weighted by Gasteiger charge is -1.84. The maximum Gasteiger partial charge on any atom is 0.261 e. The molecule has 1 rings (SSSR count). The van der Waals surface area contributed by atoms with Crippen molar-refractivity contribution in [3.05, 3.63) is 15.0 Å². The average Bonchev–Trinajstić information content (AvgIpc) is 2.13. The molecule has 0 aliphatic carbocycles.